The van der Waals surface area contributed by atoms with Crippen LogP contribution in [0.15, 0.2) is 60.7 Å². The number of rotatable bonds is 11. The Morgan fingerprint density at radius 1 is 1.19 bits per heavy atom. The van der Waals surface area contributed by atoms with Gasteiger partial charge in [0.05, 0.1) is 47.6 Å². The number of fused-ring (bicyclic) bond motifs is 1. The first kappa shape index (κ1) is 29.0. The van der Waals surface area contributed by atoms with Gasteiger partial charge in [0.2, 0.25) is 5.88 Å². The average molecular weight is 584 g/mol. The molecule has 1 fully saturated rings. The molecule has 4 heterocycles. The second-order valence-corrected chi connectivity index (χ2v) is 10.8. The van der Waals surface area contributed by atoms with Crippen molar-refractivity contribution in [2.75, 3.05) is 26.3 Å². The van der Waals surface area contributed by atoms with Crippen LogP contribution < -0.4 is 4.74 Å². The minimum absolute atomic E-state index is 0.0276. The van der Waals surface area contributed by atoms with Gasteiger partial charge in [0.25, 0.3) is 0 Å². The van der Waals surface area contributed by atoms with E-state index in [0.29, 0.717) is 30.2 Å². The summed E-state index contributed by atoms with van der Waals surface area (Å²) >= 11 is 0. The quantitative estimate of drug-likeness (QED) is 0.243. The summed E-state index contributed by atoms with van der Waals surface area (Å²) < 4.78 is 33.4. The number of nitrogens with zero attached hydrogens (tertiary/aromatic N) is 5. The predicted molar refractivity (Wildman–Crippen MR) is 158 cm³/mol. The Morgan fingerprint density at radius 3 is 2.79 bits per heavy atom. The van der Waals surface area contributed by atoms with Crippen molar-refractivity contribution < 1.29 is 23.7 Å². The topological polar surface area (TPSA) is 106 Å². The Kier molecular flexibility index (Phi) is 8.77. The molecule has 0 aliphatic carbocycles. The van der Waals surface area contributed by atoms with Crippen LogP contribution in [0.5, 0.6) is 5.88 Å². The van der Waals surface area contributed by atoms with Crippen LogP contribution in [0.4, 0.5) is 4.39 Å². The Hall–Kier alpha value is -4.14. The number of halogens is 1. The average Bonchev–Trinajstić information content (AvgIpc) is 3.34. The summed E-state index contributed by atoms with van der Waals surface area (Å²) in [7, 11) is 0. The molecule has 1 saturated heterocycles. The second-order valence-electron chi connectivity index (χ2n) is 10.8. The van der Waals surface area contributed by atoms with Crippen molar-refractivity contribution in [3.63, 3.8) is 0 Å². The van der Waals surface area contributed by atoms with Crippen molar-refractivity contribution in [1.29, 1.82) is 5.26 Å². The highest BCUT2D eigenvalue weighted by atomic mass is 19.1. The van der Waals surface area contributed by atoms with Crippen molar-refractivity contribution in [3.05, 3.63) is 94.7 Å². The highest BCUT2D eigenvalue weighted by Gasteiger charge is 2.24. The summed E-state index contributed by atoms with van der Waals surface area (Å²) in [5.41, 5.74) is 5.19. The lowest BCUT2D eigenvalue weighted by molar-refractivity contribution is -0.0979. The summed E-state index contributed by atoms with van der Waals surface area (Å²) in [4.78, 5) is 12.0. The van der Waals surface area contributed by atoms with E-state index in [2.05, 4.69) is 20.5 Å². The third-order valence-corrected chi connectivity index (χ3v) is 7.91. The Labute approximate surface area is 249 Å². The van der Waals surface area contributed by atoms with Gasteiger partial charge >= 0.3 is 0 Å². The first-order chi connectivity index (χ1) is 21.0. The van der Waals surface area contributed by atoms with Crippen LogP contribution in [0.3, 0.4) is 0 Å². The number of hydrogen-bond donors (Lipinski definition) is 1. The lowest BCUT2D eigenvalue weighted by Crippen LogP contribution is -2.33. The number of aliphatic hydroxyl groups is 1. The third-order valence-electron chi connectivity index (χ3n) is 7.91. The summed E-state index contributed by atoms with van der Waals surface area (Å²) in [6, 6.07) is 17.7. The zero-order valence-electron chi connectivity index (χ0n) is 24.1. The van der Waals surface area contributed by atoms with Gasteiger partial charge < -0.3 is 23.9 Å². The number of pyridine rings is 1. The standard InChI is InChI=1S/C33H34FN5O4/c1-2-41-33(40)24-8-9-29-30(17-24)39(19-26-12-15-42-26)31(36-29)20-38-13-10-23(11-14-38)28-4-3-5-32(37-28)43-21-25-7-6-22(18-35)16-27(25)34/h3-10,16-17,26,33,40H,2,11-15,19-21H2,1H3/t26-,33?/m0/s1. The number of aliphatic hydroxyl groups excluding tert-OH is 1. The summed E-state index contributed by atoms with van der Waals surface area (Å²) in [6.45, 7) is 6.09. The van der Waals surface area contributed by atoms with Crippen molar-refractivity contribution in [2.45, 2.75) is 51.9 Å². The molecule has 0 saturated carbocycles. The maximum Gasteiger partial charge on any atom is 0.214 e. The van der Waals surface area contributed by atoms with Crippen LogP contribution in [0, 0.1) is 17.1 Å². The molecule has 2 aliphatic heterocycles. The van der Waals surface area contributed by atoms with E-state index in [9.17, 15) is 9.50 Å². The van der Waals surface area contributed by atoms with E-state index in [-0.39, 0.29) is 18.3 Å². The fourth-order valence-corrected chi connectivity index (χ4v) is 5.40. The fraction of sp³-hybridized carbons (Fsp3) is 0.364. The fourth-order valence-electron chi connectivity index (χ4n) is 5.40. The second kappa shape index (κ2) is 13.0. The molecular formula is C33H34FN5O4. The van der Waals surface area contributed by atoms with Crippen LogP contribution in [0.25, 0.3) is 16.6 Å². The van der Waals surface area contributed by atoms with Gasteiger partial charge in [-0.2, -0.15) is 5.26 Å². The van der Waals surface area contributed by atoms with Crippen molar-refractivity contribution in [1.82, 2.24) is 19.4 Å². The Bertz CT molecular complexity index is 1680. The SMILES string of the molecule is CCOC(O)c1ccc2nc(CN3CC=C(c4cccc(OCc5ccc(C#N)cc5F)n4)CC3)n(C[C@@H]3CCO3)c2c1. The van der Waals surface area contributed by atoms with E-state index < -0.39 is 12.1 Å². The maximum atomic E-state index is 14.3. The van der Waals surface area contributed by atoms with Crippen LogP contribution in [0.1, 0.15) is 54.3 Å². The summed E-state index contributed by atoms with van der Waals surface area (Å²) in [6.07, 6.45) is 3.22. The molecule has 2 aromatic heterocycles. The molecule has 1 unspecified atom stereocenters. The van der Waals surface area contributed by atoms with Gasteiger partial charge in [0.1, 0.15) is 18.2 Å². The van der Waals surface area contributed by atoms with Gasteiger partial charge in [-0.1, -0.05) is 24.3 Å². The molecule has 43 heavy (non-hydrogen) atoms. The van der Waals surface area contributed by atoms with Gasteiger partial charge in [0, 0.05) is 43.5 Å². The number of imidazole rings is 1. The molecule has 222 valence electrons. The van der Waals surface area contributed by atoms with Crippen LogP contribution >= 0.6 is 0 Å². The molecule has 1 N–H and O–H groups in total. The minimum Gasteiger partial charge on any atom is -0.473 e. The molecular weight excluding hydrogens is 549 g/mol. The highest BCUT2D eigenvalue weighted by molar-refractivity contribution is 5.77. The first-order valence-electron chi connectivity index (χ1n) is 14.6. The monoisotopic (exact) mass is 583 g/mol. The molecule has 2 aliphatic rings. The molecule has 0 spiro atoms. The number of ether oxygens (including phenoxy) is 3. The summed E-state index contributed by atoms with van der Waals surface area (Å²) in [5, 5.41) is 19.3. The van der Waals surface area contributed by atoms with Gasteiger partial charge in [-0.15, -0.1) is 0 Å². The van der Waals surface area contributed by atoms with E-state index in [1.165, 1.54) is 6.07 Å². The maximum absolute atomic E-state index is 14.3. The molecule has 0 radical (unpaired) electrons. The number of hydrogen-bond acceptors (Lipinski definition) is 8. The van der Waals surface area contributed by atoms with Crippen LogP contribution in [-0.4, -0.2) is 56.9 Å². The zero-order chi connectivity index (χ0) is 29.8. The van der Waals surface area contributed by atoms with E-state index >= 15 is 0 Å². The molecule has 0 amide bonds. The normalized spacial score (nSPS) is 17.7. The number of nitriles is 1. The Morgan fingerprint density at radius 2 is 2.07 bits per heavy atom. The Balaban J connectivity index is 1.14. The number of aromatic nitrogens is 3. The largest absolute Gasteiger partial charge is 0.473 e. The van der Waals surface area contributed by atoms with E-state index in [4.69, 9.17) is 24.5 Å². The van der Waals surface area contributed by atoms with Crippen LogP contribution in [-0.2, 0) is 29.2 Å². The van der Waals surface area contributed by atoms with Crippen molar-refractivity contribution >= 4 is 16.6 Å². The third kappa shape index (κ3) is 6.60. The first-order valence-corrected chi connectivity index (χ1v) is 14.6. The minimum atomic E-state index is -0.971. The summed E-state index contributed by atoms with van der Waals surface area (Å²) in [5.74, 6) is 0.918. The van der Waals surface area contributed by atoms with Crippen molar-refractivity contribution in [3.8, 4) is 11.9 Å². The lowest BCUT2D eigenvalue weighted by atomic mass is 10.0. The van der Waals surface area contributed by atoms with Gasteiger partial charge in [-0.3, -0.25) is 4.90 Å². The zero-order valence-corrected chi connectivity index (χ0v) is 24.1. The van der Waals surface area contributed by atoms with Crippen LogP contribution in [0.2, 0.25) is 0 Å². The van der Waals surface area contributed by atoms with E-state index in [0.717, 1.165) is 67.2 Å². The molecule has 0 bridgehead atoms. The van der Waals surface area contributed by atoms with Crippen molar-refractivity contribution in [2.24, 2.45) is 0 Å². The van der Waals surface area contributed by atoms with E-state index in [1.807, 2.05) is 43.3 Å². The molecule has 2 atom stereocenters. The predicted octanol–water partition coefficient (Wildman–Crippen LogP) is 5.13. The van der Waals surface area contributed by atoms with E-state index in [1.54, 1.807) is 18.2 Å². The molecule has 9 nitrogen and oxygen atoms in total. The molecule has 4 aromatic rings. The van der Waals surface area contributed by atoms with Gasteiger partial charge in [-0.05, 0) is 55.7 Å². The van der Waals surface area contributed by atoms with Gasteiger partial charge in [-0.25, -0.2) is 14.4 Å². The van der Waals surface area contributed by atoms with Gasteiger partial charge in [0.15, 0.2) is 6.29 Å². The number of benzene rings is 2. The highest BCUT2D eigenvalue weighted by Crippen LogP contribution is 2.28. The lowest BCUT2D eigenvalue weighted by Gasteiger charge is -2.29. The molecule has 6 rings (SSSR count). The molecule has 2 aromatic carbocycles. The smallest absolute Gasteiger partial charge is 0.214 e. The molecule has 10 heteroatoms.